The molecule has 0 bridgehead atoms. The number of hydrogen-bond donors (Lipinski definition) is 0. The zero-order chi connectivity index (χ0) is 15.6. The van der Waals surface area contributed by atoms with Crippen molar-refractivity contribution in [3.05, 3.63) is 42.2 Å². The van der Waals surface area contributed by atoms with Crippen molar-refractivity contribution in [2.24, 2.45) is 5.92 Å². The monoisotopic (exact) mass is 310 g/mol. The summed E-state index contributed by atoms with van der Waals surface area (Å²) in [5.41, 5.74) is 1.33. The summed E-state index contributed by atoms with van der Waals surface area (Å²) in [6.07, 6.45) is 8.94. The Labute approximate surface area is 136 Å². The van der Waals surface area contributed by atoms with E-state index in [9.17, 15) is 4.79 Å². The molecule has 4 rings (SSSR count). The van der Waals surface area contributed by atoms with E-state index in [-0.39, 0.29) is 5.91 Å². The number of aromatic nitrogens is 3. The number of carbonyl (C=O) groups is 1. The predicted octanol–water partition coefficient (Wildman–Crippen LogP) is 3.06. The first-order valence-corrected chi connectivity index (χ1v) is 8.62. The van der Waals surface area contributed by atoms with E-state index >= 15 is 0 Å². The van der Waals surface area contributed by atoms with Crippen LogP contribution in [0.3, 0.4) is 0 Å². The van der Waals surface area contributed by atoms with E-state index in [1.54, 1.807) is 6.20 Å². The van der Waals surface area contributed by atoms with Gasteiger partial charge in [-0.2, -0.15) is 9.90 Å². The molecule has 2 fully saturated rings. The molecular weight excluding hydrogens is 288 g/mol. The maximum atomic E-state index is 12.9. The smallest absolute Gasteiger partial charge is 0.276 e. The van der Waals surface area contributed by atoms with E-state index in [2.05, 4.69) is 15.1 Å². The van der Waals surface area contributed by atoms with E-state index in [1.165, 1.54) is 30.5 Å². The van der Waals surface area contributed by atoms with Gasteiger partial charge in [-0.15, -0.1) is 5.10 Å². The lowest BCUT2D eigenvalue weighted by atomic mass is 9.78. The maximum absolute atomic E-state index is 12.9. The summed E-state index contributed by atoms with van der Waals surface area (Å²) >= 11 is 0. The molecule has 23 heavy (non-hydrogen) atoms. The van der Waals surface area contributed by atoms with Gasteiger partial charge in [0.05, 0.1) is 11.9 Å². The number of hydrogen-bond acceptors (Lipinski definition) is 3. The van der Waals surface area contributed by atoms with Gasteiger partial charge in [-0.1, -0.05) is 31.0 Å². The normalized spacial score (nSPS) is 24.3. The Morgan fingerprint density at radius 2 is 1.83 bits per heavy atom. The first-order chi connectivity index (χ1) is 11.3. The van der Waals surface area contributed by atoms with Crippen LogP contribution >= 0.6 is 0 Å². The summed E-state index contributed by atoms with van der Waals surface area (Å²) in [4.78, 5) is 16.5. The van der Waals surface area contributed by atoms with Crippen LogP contribution in [0.25, 0.3) is 5.69 Å². The van der Waals surface area contributed by atoms with Crippen LogP contribution in [0.1, 0.15) is 49.0 Å². The number of piperidine rings is 1. The lowest BCUT2D eigenvalue weighted by Crippen LogP contribution is -2.49. The number of likely N-dealkylation sites (tertiary alicyclic amines) is 1. The van der Waals surface area contributed by atoms with Gasteiger partial charge in [0.1, 0.15) is 0 Å². The SMILES string of the molecule is O=C(c1cnn(-c2ccccc2)n1)N1CCC[C@@H]2CCCC[C@H]21. The van der Waals surface area contributed by atoms with Crippen molar-refractivity contribution in [3.8, 4) is 5.69 Å². The zero-order valence-corrected chi connectivity index (χ0v) is 13.3. The number of nitrogens with zero attached hydrogens (tertiary/aromatic N) is 4. The van der Waals surface area contributed by atoms with Crippen molar-refractivity contribution in [2.45, 2.75) is 44.6 Å². The zero-order valence-electron chi connectivity index (χ0n) is 13.3. The Balaban J connectivity index is 1.56. The van der Waals surface area contributed by atoms with Gasteiger partial charge in [0.25, 0.3) is 5.91 Å². The van der Waals surface area contributed by atoms with Gasteiger partial charge in [0.15, 0.2) is 5.69 Å². The third kappa shape index (κ3) is 2.76. The number of fused-ring (bicyclic) bond motifs is 1. The summed E-state index contributed by atoms with van der Waals surface area (Å²) in [5.74, 6) is 0.731. The molecule has 120 valence electrons. The number of rotatable bonds is 2. The van der Waals surface area contributed by atoms with Crippen LogP contribution in [0.4, 0.5) is 0 Å². The summed E-state index contributed by atoms with van der Waals surface area (Å²) < 4.78 is 0. The fourth-order valence-electron chi connectivity index (χ4n) is 4.07. The quantitative estimate of drug-likeness (QED) is 0.856. The number of benzene rings is 1. The van der Waals surface area contributed by atoms with E-state index in [1.807, 2.05) is 30.3 Å². The second-order valence-corrected chi connectivity index (χ2v) is 6.61. The molecule has 0 unspecified atom stereocenters. The molecule has 1 aromatic heterocycles. The molecule has 1 saturated heterocycles. The Bertz CT molecular complexity index is 679. The van der Waals surface area contributed by atoms with Crippen LogP contribution in [0.2, 0.25) is 0 Å². The molecule has 1 amide bonds. The van der Waals surface area contributed by atoms with Gasteiger partial charge in [0.2, 0.25) is 0 Å². The summed E-state index contributed by atoms with van der Waals surface area (Å²) in [6.45, 7) is 0.859. The molecule has 1 saturated carbocycles. The van der Waals surface area contributed by atoms with Gasteiger partial charge in [0, 0.05) is 12.6 Å². The van der Waals surface area contributed by atoms with Crippen LogP contribution in [0.5, 0.6) is 0 Å². The van der Waals surface area contributed by atoms with Crippen molar-refractivity contribution in [3.63, 3.8) is 0 Å². The Morgan fingerprint density at radius 1 is 1.04 bits per heavy atom. The minimum atomic E-state index is 0.0452. The third-order valence-electron chi connectivity index (χ3n) is 5.20. The average Bonchev–Trinajstić information content (AvgIpc) is 3.11. The van der Waals surface area contributed by atoms with E-state index in [4.69, 9.17) is 0 Å². The molecule has 0 radical (unpaired) electrons. The highest BCUT2D eigenvalue weighted by molar-refractivity contribution is 5.92. The summed E-state index contributed by atoms with van der Waals surface area (Å²) in [5, 5.41) is 8.67. The van der Waals surface area contributed by atoms with E-state index < -0.39 is 0 Å². The van der Waals surface area contributed by atoms with Crippen LogP contribution in [-0.4, -0.2) is 38.4 Å². The molecule has 2 heterocycles. The highest BCUT2D eigenvalue weighted by atomic mass is 16.2. The van der Waals surface area contributed by atoms with Crippen LogP contribution in [0.15, 0.2) is 36.5 Å². The molecule has 5 nitrogen and oxygen atoms in total. The predicted molar refractivity (Wildman–Crippen MR) is 87.4 cm³/mol. The number of amides is 1. The summed E-state index contributed by atoms with van der Waals surface area (Å²) in [7, 11) is 0. The molecule has 1 aliphatic carbocycles. The second-order valence-electron chi connectivity index (χ2n) is 6.61. The van der Waals surface area contributed by atoms with Gasteiger partial charge in [-0.3, -0.25) is 4.79 Å². The maximum Gasteiger partial charge on any atom is 0.276 e. The highest BCUT2D eigenvalue weighted by Crippen LogP contribution is 2.35. The first-order valence-electron chi connectivity index (χ1n) is 8.62. The average molecular weight is 310 g/mol. The Morgan fingerprint density at radius 3 is 2.70 bits per heavy atom. The minimum absolute atomic E-state index is 0.0452. The molecule has 2 atom stereocenters. The fraction of sp³-hybridized carbons (Fsp3) is 0.500. The van der Waals surface area contributed by atoms with Gasteiger partial charge < -0.3 is 4.90 Å². The lowest BCUT2D eigenvalue weighted by molar-refractivity contribution is 0.0385. The van der Waals surface area contributed by atoms with Crippen LogP contribution in [0, 0.1) is 5.92 Å². The standard InChI is InChI=1S/C18H22N4O/c23-18(21-12-6-8-14-7-4-5-11-17(14)21)16-13-19-22(20-16)15-9-2-1-3-10-15/h1-3,9-10,13-14,17H,4-8,11-12H2/t14-,17+/m0/s1. The highest BCUT2D eigenvalue weighted by Gasteiger charge is 2.36. The molecule has 2 aromatic rings. The molecule has 5 heteroatoms. The van der Waals surface area contributed by atoms with E-state index in [0.29, 0.717) is 17.7 Å². The topological polar surface area (TPSA) is 51.0 Å². The minimum Gasteiger partial charge on any atom is -0.334 e. The van der Waals surface area contributed by atoms with Crippen molar-refractivity contribution in [1.29, 1.82) is 0 Å². The molecule has 2 aliphatic rings. The third-order valence-corrected chi connectivity index (χ3v) is 5.20. The van der Waals surface area contributed by atoms with Crippen molar-refractivity contribution in [1.82, 2.24) is 19.9 Å². The molecular formula is C18H22N4O. The largest absolute Gasteiger partial charge is 0.334 e. The van der Waals surface area contributed by atoms with Crippen molar-refractivity contribution in [2.75, 3.05) is 6.54 Å². The Hall–Kier alpha value is -2.17. The van der Waals surface area contributed by atoms with Crippen molar-refractivity contribution < 1.29 is 4.79 Å². The van der Waals surface area contributed by atoms with Crippen LogP contribution < -0.4 is 0 Å². The van der Waals surface area contributed by atoms with E-state index in [0.717, 1.165) is 25.1 Å². The van der Waals surface area contributed by atoms with Crippen molar-refractivity contribution >= 4 is 5.91 Å². The number of carbonyl (C=O) groups excluding carboxylic acids is 1. The summed E-state index contributed by atoms with van der Waals surface area (Å²) in [6, 6.07) is 10.1. The van der Waals surface area contributed by atoms with Gasteiger partial charge in [-0.25, -0.2) is 0 Å². The van der Waals surface area contributed by atoms with Crippen LogP contribution in [-0.2, 0) is 0 Å². The van der Waals surface area contributed by atoms with Gasteiger partial charge in [-0.05, 0) is 43.7 Å². The molecule has 0 spiro atoms. The Kier molecular flexibility index (Phi) is 3.85. The molecule has 0 N–H and O–H groups in total. The number of para-hydroxylation sites is 1. The second kappa shape index (κ2) is 6.14. The first kappa shape index (κ1) is 14.4. The van der Waals surface area contributed by atoms with Gasteiger partial charge >= 0.3 is 0 Å². The molecule has 1 aromatic carbocycles. The fourth-order valence-corrected chi connectivity index (χ4v) is 4.07. The lowest BCUT2D eigenvalue weighted by Gasteiger charge is -2.43. The molecule has 1 aliphatic heterocycles.